The van der Waals surface area contributed by atoms with Gasteiger partial charge in [-0.15, -0.1) is 0 Å². The Morgan fingerprint density at radius 2 is 2.18 bits per heavy atom. The fourth-order valence-electron chi connectivity index (χ4n) is 1.73. The molecule has 0 saturated carbocycles. The second kappa shape index (κ2) is 6.83. The zero-order valence-electron chi connectivity index (χ0n) is 11.6. The Kier molecular flexibility index (Phi) is 4.87. The molecule has 22 heavy (non-hydrogen) atoms. The van der Waals surface area contributed by atoms with Crippen LogP contribution in [0.4, 0.5) is 13.6 Å². The average Bonchev–Trinajstić information content (AvgIpc) is 2.77. The lowest BCUT2D eigenvalue weighted by Crippen LogP contribution is -2.24. The van der Waals surface area contributed by atoms with Gasteiger partial charge in [0.15, 0.2) is 11.5 Å². The number of nitrogens with one attached hydrogen (secondary N) is 1. The first-order valence-corrected chi connectivity index (χ1v) is 6.36. The number of hydrazone groups is 1. The molecule has 9 heteroatoms. The third kappa shape index (κ3) is 3.90. The molecule has 1 fully saturated rings. The molecule has 0 radical (unpaired) electrons. The van der Waals surface area contributed by atoms with Gasteiger partial charge >= 0.3 is 12.6 Å². The van der Waals surface area contributed by atoms with Crippen molar-refractivity contribution in [1.82, 2.24) is 10.3 Å². The number of hydrogen-bond acceptors (Lipinski definition) is 5. The molecule has 1 saturated heterocycles. The fraction of sp³-hybridized carbons (Fsp3) is 0.308. The highest BCUT2D eigenvalue weighted by atomic mass is 19.3. The van der Waals surface area contributed by atoms with E-state index < -0.39 is 18.5 Å². The molecule has 1 N–H and O–H groups in total. The van der Waals surface area contributed by atoms with E-state index in [2.05, 4.69) is 15.2 Å². The summed E-state index contributed by atoms with van der Waals surface area (Å²) in [6.07, 6.45) is 1.31. The number of hydrogen-bond donors (Lipinski definition) is 1. The Morgan fingerprint density at radius 3 is 2.77 bits per heavy atom. The number of carbonyl (C=O) groups excluding carboxylic acids is 2. The monoisotopic (exact) mass is 313 g/mol. The summed E-state index contributed by atoms with van der Waals surface area (Å²) < 4.78 is 34.1. The molecule has 0 aromatic heterocycles. The quantitative estimate of drug-likeness (QED) is 0.638. The highest BCUT2D eigenvalue weighted by Crippen LogP contribution is 2.29. The number of nitrogens with zero attached hydrogens (tertiary/aromatic N) is 2. The largest absolute Gasteiger partial charge is 0.490 e. The summed E-state index contributed by atoms with van der Waals surface area (Å²) in [6, 6.07) is 3.61. The molecule has 0 bridgehead atoms. The van der Waals surface area contributed by atoms with Gasteiger partial charge in [0.25, 0.3) is 0 Å². The Morgan fingerprint density at radius 1 is 1.41 bits per heavy atom. The number of amides is 3. The van der Waals surface area contributed by atoms with Crippen molar-refractivity contribution in [3.63, 3.8) is 0 Å². The normalized spacial score (nSPS) is 14.8. The Labute approximate surface area is 124 Å². The molecule has 7 nitrogen and oxygen atoms in total. The molecule has 0 atom stereocenters. The number of carbonyl (C=O) groups is 2. The number of rotatable bonds is 6. The molecular formula is C13H13F2N3O4. The van der Waals surface area contributed by atoms with E-state index >= 15 is 0 Å². The number of imide groups is 1. The van der Waals surface area contributed by atoms with Gasteiger partial charge in [-0.3, -0.25) is 10.1 Å². The lowest BCUT2D eigenvalue weighted by molar-refractivity contribution is -0.118. The van der Waals surface area contributed by atoms with Gasteiger partial charge in [-0.2, -0.15) is 13.9 Å². The average molecular weight is 313 g/mol. The zero-order chi connectivity index (χ0) is 16.1. The number of halogens is 2. The van der Waals surface area contributed by atoms with Crippen LogP contribution in [0.2, 0.25) is 0 Å². The molecule has 0 aliphatic carbocycles. The first kappa shape index (κ1) is 15.7. The van der Waals surface area contributed by atoms with Crippen LogP contribution in [0.15, 0.2) is 23.3 Å². The van der Waals surface area contributed by atoms with Crippen molar-refractivity contribution in [3.8, 4) is 11.5 Å². The molecule has 0 unspecified atom stereocenters. The minimum atomic E-state index is -2.96. The van der Waals surface area contributed by atoms with Crippen LogP contribution in [0.5, 0.6) is 11.5 Å². The Bertz CT molecular complexity index is 607. The van der Waals surface area contributed by atoms with Crippen LogP contribution in [0.25, 0.3) is 0 Å². The van der Waals surface area contributed by atoms with E-state index in [9.17, 15) is 18.4 Å². The predicted molar refractivity (Wildman–Crippen MR) is 72.1 cm³/mol. The summed E-state index contributed by atoms with van der Waals surface area (Å²) in [5.41, 5.74) is 0.497. The SMILES string of the molecule is CCOc1cc(/C=N\N2CC(=O)NC2=O)ccc1OC(F)F. The number of urea groups is 1. The smallest absolute Gasteiger partial charge is 0.387 e. The second-order valence-electron chi connectivity index (χ2n) is 4.17. The van der Waals surface area contributed by atoms with Crippen LogP contribution in [0, 0.1) is 0 Å². The van der Waals surface area contributed by atoms with E-state index in [0.717, 1.165) is 5.01 Å². The van der Waals surface area contributed by atoms with Crippen LogP contribution in [-0.2, 0) is 4.79 Å². The first-order chi connectivity index (χ1) is 10.5. The van der Waals surface area contributed by atoms with Gasteiger partial charge in [-0.05, 0) is 30.7 Å². The maximum Gasteiger partial charge on any atom is 0.387 e. The van der Waals surface area contributed by atoms with Crippen molar-refractivity contribution in [3.05, 3.63) is 23.8 Å². The highest BCUT2D eigenvalue weighted by Gasteiger charge is 2.25. The molecule has 1 heterocycles. The molecule has 2 rings (SSSR count). The van der Waals surface area contributed by atoms with E-state index in [1.54, 1.807) is 6.92 Å². The number of ether oxygens (including phenoxy) is 2. The van der Waals surface area contributed by atoms with Crippen LogP contribution < -0.4 is 14.8 Å². The second-order valence-corrected chi connectivity index (χ2v) is 4.17. The molecular weight excluding hydrogens is 300 g/mol. The van der Waals surface area contributed by atoms with Crippen molar-refractivity contribution in [1.29, 1.82) is 0 Å². The minimum absolute atomic E-state index is 0.0944. The molecule has 1 aliphatic heterocycles. The van der Waals surface area contributed by atoms with Gasteiger partial charge in [0, 0.05) is 0 Å². The van der Waals surface area contributed by atoms with Crippen molar-refractivity contribution >= 4 is 18.2 Å². The number of alkyl halides is 2. The van der Waals surface area contributed by atoms with E-state index in [-0.39, 0.29) is 24.7 Å². The van der Waals surface area contributed by atoms with Crippen LogP contribution in [-0.4, -0.2) is 42.9 Å². The first-order valence-electron chi connectivity index (χ1n) is 6.36. The van der Waals surface area contributed by atoms with Crippen LogP contribution >= 0.6 is 0 Å². The van der Waals surface area contributed by atoms with Gasteiger partial charge < -0.3 is 9.47 Å². The van der Waals surface area contributed by atoms with Crippen molar-refractivity contribution < 1.29 is 27.8 Å². The molecule has 118 valence electrons. The summed E-state index contributed by atoms with van der Waals surface area (Å²) in [5.74, 6) is -0.408. The van der Waals surface area contributed by atoms with Crippen molar-refractivity contribution in [2.45, 2.75) is 13.5 Å². The van der Waals surface area contributed by atoms with Gasteiger partial charge in [0.1, 0.15) is 6.54 Å². The standard InChI is InChI=1S/C13H13F2N3O4/c1-2-21-10-5-8(3-4-9(10)22-12(14)15)6-16-18-7-11(19)17-13(18)20/h3-6,12H,2,7H2,1H3,(H,17,19,20)/b16-6-. The summed E-state index contributed by atoms with van der Waals surface area (Å²) >= 11 is 0. The van der Waals surface area contributed by atoms with Crippen LogP contribution in [0.1, 0.15) is 12.5 Å². The summed E-state index contributed by atoms with van der Waals surface area (Å²) in [7, 11) is 0. The lowest BCUT2D eigenvalue weighted by Gasteiger charge is -2.11. The Balaban J connectivity index is 2.16. The zero-order valence-corrected chi connectivity index (χ0v) is 11.6. The van der Waals surface area contributed by atoms with Crippen molar-refractivity contribution in [2.24, 2.45) is 5.10 Å². The lowest BCUT2D eigenvalue weighted by atomic mass is 10.2. The Hall–Kier alpha value is -2.71. The van der Waals surface area contributed by atoms with Gasteiger partial charge in [0.05, 0.1) is 12.8 Å². The minimum Gasteiger partial charge on any atom is -0.490 e. The maximum absolute atomic E-state index is 12.3. The van der Waals surface area contributed by atoms with Crippen molar-refractivity contribution in [2.75, 3.05) is 13.2 Å². The third-order valence-corrected chi connectivity index (χ3v) is 2.60. The maximum atomic E-state index is 12.3. The molecule has 0 spiro atoms. The number of benzene rings is 1. The van der Waals surface area contributed by atoms with E-state index in [0.29, 0.717) is 5.56 Å². The fourth-order valence-corrected chi connectivity index (χ4v) is 1.73. The molecule has 1 aromatic rings. The highest BCUT2D eigenvalue weighted by molar-refractivity contribution is 6.02. The summed E-state index contributed by atoms with van der Waals surface area (Å²) in [6.45, 7) is -1.16. The van der Waals surface area contributed by atoms with E-state index in [1.165, 1.54) is 24.4 Å². The summed E-state index contributed by atoms with van der Waals surface area (Å²) in [4.78, 5) is 22.3. The molecule has 3 amide bonds. The van der Waals surface area contributed by atoms with Crippen LogP contribution in [0.3, 0.4) is 0 Å². The van der Waals surface area contributed by atoms with Gasteiger partial charge in [-0.25, -0.2) is 9.80 Å². The van der Waals surface area contributed by atoms with Gasteiger partial charge in [-0.1, -0.05) is 0 Å². The van der Waals surface area contributed by atoms with E-state index in [4.69, 9.17) is 4.74 Å². The molecule has 1 aromatic carbocycles. The third-order valence-electron chi connectivity index (χ3n) is 2.60. The topological polar surface area (TPSA) is 80.2 Å². The molecule has 1 aliphatic rings. The predicted octanol–water partition coefficient (Wildman–Crippen LogP) is 1.57. The van der Waals surface area contributed by atoms with E-state index in [1.807, 2.05) is 0 Å². The van der Waals surface area contributed by atoms with Gasteiger partial charge in [0.2, 0.25) is 5.91 Å². The summed E-state index contributed by atoms with van der Waals surface area (Å²) in [5, 5.41) is 6.87.